The van der Waals surface area contributed by atoms with Crippen molar-refractivity contribution in [3.63, 3.8) is 0 Å². The summed E-state index contributed by atoms with van der Waals surface area (Å²) < 4.78 is 0. The van der Waals surface area contributed by atoms with Gasteiger partial charge >= 0.3 is 0 Å². The first kappa shape index (κ1) is 14.5. The number of amides is 1. The molecule has 1 aliphatic heterocycles. The molecule has 0 bridgehead atoms. The number of hydrogen-bond donors (Lipinski definition) is 3. The van der Waals surface area contributed by atoms with Gasteiger partial charge in [-0.2, -0.15) is 0 Å². The van der Waals surface area contributed by atoms with E-state index in [0.29, 0.717) is 18.5 Å². The van der Waals surface area contributed by atoms with Gasteiger partial charge in [-0.15, -0.1) is 0 Å². The lowest BCUT2D eigenvalue weighted by molar-refractivity contribution is -0.123. The Morgan fingerprint density at radius 2 is 1.90 bits per heavy atom. The summed E-state index contributed by atoms with van der Waals surface area (Å²) in [4.78, 5) is 12.3. The summed E-state index contributed by atoms with van der Waals surface area (Å²) in [6, 6.07) is 8.22. The summed E-state index contributed by atoms with van der Waals surface area (Å²) >= 11 is 0. The highest BCUT2D eigenvalue weighted by Crippen LogP contribution is 2.33. The maximum Gasteiger partial charge on any atom is 0.237 e. The Hall–Kier alpha value is -1.39. The highest BCUT2D eigenvalue weighted by molar-refractivity contribution is 5.82. The molecule has 2 aliphatic rings. The predicted molar refractivity (Wildman–Crippen MR) is 81.5 cm³/mol. The van der Waals surface area contributed by atoms with Gasteiger partial charge in [0.15, 0.2) is 0 Å². The second-order valence-electron chi connectivity index (χ2n) is 6.30. The lowest BCUT2D eigenvalue weighted by Gasteiger charge is -2.24. The van der Waals surface area contributed by atoms with Crippen LogP contribution < -0.4 is 10.6 Å². The Kier molecular flexibility index (Phi) is 4.56. The fourth-order valence-electron chi connectivity index (χ4n) is 3.60. The van der Waals surface area contributed by atoms with Gasteiger partial charge in [-0.05, 0) is 36.3 Å². The smallest absolute Gasteiger partial charge is 0.237 e. The van der Waals surface area contributed by atoms with Crippen molar-refractivity contribution in [1.82, 2.24) is 10.6 Å². The third-order valence-electron chi connectivity index (χ3n) is 4.85. The lowest BCUT2D eigenvalue weighted by atomic mass is 9.85. The molecule has 3 N–H and O–H groups in total. The van der Waals surface area contributed by atoms with Crippen LogP contribution in [0.4, 0.5) is 0 Å². The van der Waals surface area contributed by atoms with Crippen molar-refractivity contribution in [2.45, 2.75) is 57.3 Å². The molecule has 0 aromatic heterocycles. The fraction of sp³-hybridized carbons (Fsp3) is 0.588. The van der Waals surface area contributed by atoms with Crippen molar-refractivity contribution >= 4 is 5.91 Å². The molecule has 3 unspecified atom stereocenters. The SMILES string of the molecule is O=C(NCc1ccc(CO)cc1)C1CC2CCCCC2N1. The van der Waals surface area contributed by atoms with E-state index in [1.165, 1.54) is 25.7 Å². The maximum atomic E-state index is 12.3. The van der Waals surface area contributed by atoms with Gasteiger partial charge in [-0.3, -0.25) is 4.79 Å². The monoisotopic (exact) mass is 288 g/mol. The predicted octanol–water partition coefficient (Wildman–Crippen LogP) is 1.72. The Bertz CT molecular complexity index is 472. The van der Waals surface area contributed by atoms with Crippen molar-refractivity contribution in [3.05, 3.63) is 35.4 Å². The standard InChI is InChI=1S/C17H24N2O2/c20-11-13-7-5-12(6-8-13)10-18-17(21)16-9-14-3-1-2-4-15(14)19-16/h5-8,14-16,19-20H,1-4,9-11H2,(H,18,21). The zero-order valence-electron chi connectivity index (χ0n) is 12.3. The van der Waals surface area contributed by atoms with Gasteiger partial charge in [0, 0.05) is 12.6 Å². The van der Waals surface area contributed by atoms with E-state index in [1.54, 1.807) is 0 Å². The minimum atomic E-state index is -0.0187. The van der Waals surface area contributed by atoms with Crippen LogP contribution in [-0.2, 0) is 17.9 Å². The highest BCUT2D eigenvalue weighted by atomic mass is 16.3. The molecule has 4 heteroatoms. The average Bonchev–Trinajstić information content (AvgIpc) is 2.97. The largest absolute Gasteiger partial charge is 0.392 e. The summed E-state index contributed by atoms with van der Waals surface area (Å²) in [5.41, 5.74) is 1.96. The number of hydrogen-bond acceptors (Lipinski definition) is 3. The molecule has 1 aromatic rings. The molecule has 0 spiro atoms. The number of rotatable bonds is 4. The van der Waals surface area contributed by atoms with Gasteiger partial charge in [0.05, 0.1) is 12.6 Å². The number of benzene rings is 1. The van der Waals surface area contributed by atoms with Crippen molar-refractivity contribution in [3.8, 4) is 0 Å². The van der Waals surface area contributed by atoms with E-state index in [2.05, 4.69) is 10.6 Å². The first-order chi connectivity index (χ1) is 10.3. The van der Waals surface area contributed by atoms with Crippen molar-refractivity contribution < 1.29 is 9.90 Å². The van der Waals surface area contributed by atoms with Gasteiger partial charge in [0.1, 0.15) is 0 Å². The summed E-state index contributed by atoms with van der Waals surface area (Å²) in [7, 11) is 0. The summed E-state index contributed by atoms with van der Waals surface area (Å²) in [6.45, 7) is 0.611. The van der Waals surface area contributed by atoms with Crippen LogP contribution in [0, 0.1) is 5.92 Å². The second kappa shape index (κ2) is 6.58. The first-order valence-corrected chi connectivity index (χ1v) is 7.98. The van der Waals surface area contributed by atoms with Crippen LogP contribution in [0.5, 0.6) is 0 Å². The highest BCUT2D eigenvalue weighted by Gasteiger charge is 2.37. The molecule has 4 nitrogen and oxygen atoms in total. The Labute approximate surface area is 125 Å². The summed E-state index contributed by atoms with van der Waals surface area (Å²) in [6.07, 6.45) is 6.08. The number of aliphatic hydroxyl groups excluding tert-OH is 1. The van der Waals surface area contributed by atoms with E-state index in [0.717, 1.165) is 17.5 Å². The van der Waals surface area contributed by atoms with Crippen LogP contribution in [0.2, 0.25) is 0 Å². The Balaban J connectivity index is 1.49. The fourth-order valence-corrected chi connectivity index (χ4v) is 3.60. The van der Waals surface area contributed by atoms with Gasteiger partial charge < -0.3 is 15.7 Å². The molecule has 1 aliphatic carbocycles. The molecule has 3 rings (SSSR count). The van der Waals surface area contributed by atoms with Crippen molar-refractivity contribution in [1.29, 1.82) is 0 Å². The molecule has 3 atom stereocenters. The molecule has 1 aromatic carbocycles. The van der Waals surface area contributed by atoms with E-state index in [1.807, 2.05) is 24.3 Å². The van der Waals surface area contributed by atoms with Crippen LogP contribution in [0.3, 0.4) is 0 Å². The zero-order chi connectivity index (χ0) is 14.7. The van der Waals surface area contributed by atoms with Gasteiger partial charge in [-0.25, -0.2) is 0 Å². The molecule has 114 valence electrons. The first-order valence-electron chi connectivity index (χ1n) is 7.98. The summed E-state index contributed by atoms with van der Waals surface area (Å²) in [5.74, 6) is 0.814. The third-order valence-corrected chi connectivity index (χ3v) is 4.85. The van der Waals surface area contributed by atoms with Crippen LogP contribution in [0.1, 0.15) is 43.2 Å². The van der Waals surface area contributed by atoms with Crippen LogP contribution in [-0.4, -0.2) is 23.1 Å². The molecular formula is C17H24N2O2. The van der Waals surface area contributed by atoms with Crippen molar-refractivity contribution in [2.24, 2.45) is 5.92 Å². The maximum absolute atomic E-state index is 12.3. The number of aliphatic hydroxyl groups is 1. The van der Waals surface area contributed by atoms with Crippen LogP contribution >= 0.6 is 0 Å². The van der Waals surface area contributed by atoms with Gasteiger partial charge in [0.2, 0.25) is 5.91 Å². The minimum Gasteiger partial charge on any atom is -0.392 e. The molecule has 2 fully saturated rings. The molecule has 0 radical (unpaired) electrons. The normalized spacial score (nSPS) is 28.1. The molecule has 1 saturated carbocycles. The van der Waals surface area contributed by atoms with E-state index >= 15 is 0 Å². The topological polar surface area (TPSA) is 61.4 Å². The Morgan fingerprint density at radius 3 is 2.62 bits per heavy atom. The van der Waals surface area contributed by atoms with E-state index < -0.39 is 0 Å². The second-order valence-corrected chi connectivity index (χ2v) is 6.30. The van der Waals surface area contributed by atoms with Crippen LogP contribution in [0.15, 0.2) is 24.3 Å². The van der Waals surface area contributed by atoms with Gasteiger partial charge in [-0.1, -0.05) is 37.1 Å². The Morgan fingerprint density at radius 1 is 1.19 bits per heavy atom. The number of fused-ring (bicyclic) bond motifs is 1. The van der Waals surface area contributed by atoms with E-state index in [4.69, 9.17) is 5.11 Å². The van der Waals surface area contributed by atoms with E-state index in [-0.39, 0.29) is 18.6 Å². The number of carbonyl (C=O) groups excluding carboxylic acids is 1. The van der Waals surface area contributed by atoms with E-state index in [9.17, 15) is 4.79 Å². The zero-order valence-corrected chi connectivity index (χ0v) is 12.3. The van der Waals surface area contributed by atoms with Crippen LogP contribution in [0.25, 0.3) is 0 Å². The summed E-state index contributed by atoms with van der Waals surface area (Å²) in [5, 5.41) is 15.5. The molecule has 21 heavy (non-hydrogen) atoms. The van der Waals surface area contributed by atoms with Gasteiger partial charge in [0.25, 0.3) is 0 Å². The average molecular weight is 288 g/mol. The molecule has 1 amide bonds. The third kappa shape index (κ3) is 3.44. The molecular weight excluding hydrogens is 264 g/mol. The molecule has 1 saturated heterocycles. The number of carbonyl (C=O) groups is 1. The number of nitrogens with one attached hydrogen (secondary N) is 2. The minimum absolute atomic E-state index is 0.0187. The molecule has 1 heterocycles. The van der Waals surface area contributed by atoms with Crippen molar-refractivity contribution in [2.75, 3.05) is 0 Å². The lowest BCUT2D eigenvalue weighted by Crippen LogP contribution is -2.42. The quantitative estimate of drug-likeness (QED) is 0.790.